The van der Waals surface area contributed by atoms with E-state index in [-0.39, 0.29) is 5.56 Å². The lowest BCUT2D eigenvalue weighted by molar-refractivity contribution is 0.402. The molecule has 0 amide bonds. The highest BCUT2D eigenvalue weighted by Gasteiger charge is 2.04. The highest BCUT2D eigenvalue weighted by atomic mass is 16.5. The Morgan fingerprint density at radius 1 is 1.46 bits per heavy atom. The van der Waals surface area contributed by atoms with E-state index in [0.29, 0.717) is 16.8 Å². The number of aromatic amines is 1. The normalized spacial score (nSPS) is 10.2. The highest BCUT2D eigenvalue weighted by Crippen LogP contribution is 2.15. The third kappa shape index (κ3) is 1.14. The second kappa shape index (κ2) is 2.85. The molecule has 0 fully saturated rings. The smallest absolute Gasteiger partial charge is 0.258 e. The Labute approximate surface area is 73.4 Å². The van der Waals surface area contributed by atoms with E-state index < -0.39 is 0 Å². The van der Waals surface area contributed by atoms with Crippen LogP contribution in [0.15, 0.2) is 23.4 Å². The molecule has 2 heterocycles. The van der Waals surface area contributed by atoms with Crippen LogP contribution in [-0.2, 0) is 0 Å². The molecule has 2 rings (SSSR count). The summed E-state index contributed by atoms with van der Waals surface area (Å²) in [6.07, 6.45) is 2.84. The number of rotatable bonds is 1. The first-order chi connectivity index (χ1) is 6.33. The summed E-state index contributed by atoms with van der Waals surface area (Å²) >= 11 is 0. The number of hydrogen-bond acceptors (Lipinski definition) is 4. The van der Waals surface area contributed by atoms with Gasteiger partial charge in [-0.05, 0) is 6.07 Å². The molecule has 0 radical (unpaired) electrons. The van der Waals surface area contributed by atoms with Crippen LogP contribution >= 0.6 is 0 Å². The van der Waals surface area contributed by atoms with Gasteiger partial charge in [0, 0.05) is 6.20 Å². The number of nitrogens with one attached hydrogen (secondary N) is 1. The van der Waals surface area contributed by atoms with Gasteiger partial charge in [-0.15, -0.1) is 0 Å². The summed E-state index contributed by atoms with van der Waals surface area (Å²) in [5.74, 6) is 0.364. The summed E-state index contributed by atoms with van der Waals surface area (Å²) < 4.78 is 4.96. The van der Waals surface area contributed by atoms with Gasteiger partial charge in [0.15, 0.2) is 0 Å². The van der Waals surface area contributed by atoms with Crippen molar-refractivity contribution >= 4 is 10.9 Å². The van der Waals surface area contributed by atoms with Crippen LogP contribution in [0, 0.1) is 0 Å². The van der Waals surface area contributed by atoms with Gasteiger partial charge in [-0.1, -0.05) is 0 Å². The van der Waals surface area contributed by atoms with Crippen LogP contribution < -0.4 is 10.3 Å². The van der Waals surface area contributed by atoms with Crippen LogP contribution in [0.1, 0.15) is 0 Å². The van der Waals surface area contributed by atoms with Crippen molar-refractivity contribution in [1.82, 2.24) is 15.0 Å². The molecule has 13 heavy (non-hydrogen) atoms. The molecular formula is C8H7N3O2. The summed E-state index contributed by atoms with van der Waals surface area (Å²) in [5.41, 5.74) is 0.291. The molecule has 5 heteroatoms. The molecule has 0 aliphatic carbocycles. The Kier molecular flexibility index (Phi) is 1.70. The standard InChI is InChI=1S/C8H7N3O2/c1-13-8-6-5(2-3-9-8)7(12)11-4-10-6/h2-4H,1H3,(H,10,11,12). The number of H-pyrrole nitrogens is 1. The quantitative estimate of drug-likeness (QED) is 0.681. The maximum Gasteiger partial charge on any atom is 0.258 e. The van der Waals surface area contributed by atoms with Gasteiger partial charge in [-0.25, -0.2) is 9.97 Å². The lowest BCUT2D eigenvalue weighted by atomic mass is 10.3. The molecule has 0 saturated carbocycles. The number of methoxy groups -OCH3 is 1. The van der Waals surface area contributed by atoms with Crippen LogP contribution in [0.25, 0.3) is 10.9 Å². The van der Waals surface area contributed by atoms with E-state index in [1.807, 2.05) is 0 Å². The van der Waals surface area contributed by atoms with Gasteiger partial charge >= 0.3 is 0 Å². The SMILES string of the molecule is COc1nccc2c(=O)[nH]cnc12. The molecule has 0 spiro atoms. The maximum atomic E-state index is 11.3. The van der Waals surface area contributed by atoms with Crippen molar-refractivity contribution in [3.8, 4) is 5.88 Å². The first-order valence-electron chi connectivity index (χ1n) is 3.69. The molecule has 0 unspecified atom stereocenters. The van der Waals surface area contributed by atoms with Gasteiger partial charge in [0.2, 0.25) is 5.88 Å². The lowest BCUT2D eigenvalue weighted by Gasteiger charge is -2.00. The second-order valence-electron chi connectivity index (χ2n) is 2.45. The minimum atomic E-state index is -0.189. The van der Waals surface area contributed by atoms with Crippen molar-refractivity contribution in [3.05, 3.63) is 28.9 Å². The Hall–Kier alpha value is -1.91. The molecule has 0 atom stereocenters. The van der Waals surface area contributed by atoms with Crippen LogP contribution in [0.4, 0.5) is 0 Å². The number of nitrogens with zero attached hydrogens (tertiary/aromatic N) is 2. The monoisotopic (exact) mass is 177 g/mol. The fraction of sp³-hybridized carbons (Fsp3) is 0.125. The number of hydrogen-bond donors (Lipinski definition) is 1. The predicted octanol–water partition coefficient (Wildman–Crippen LogP) is 0.327. The average molecular weight is 177 g/mol. The van der Waals surface area contributed by atoms with Crippen LogP contribution in [0.5, 0.6) is 5.88 Å². The Balaban J connectivity index is 2.92. The summed E-state index contributed by atoms with van der Waals surface area (Å²) in [6.45, 7) is 0. The zero-order chi connectivity index (χ0) is 9.26. The molecule has 0 aliphatic rings. The van der Waals surface area contributed by atoms with Crippen molar-refractivity contribution < 1.29 is 4.74 Å². The van der Waals surface area contributed by atoms with Crippen molar-refractivity contribution in [2.75, 3.05) is 7.11 Å². The molecular weight excluding hydrogens is 170 g/mol. The van der Waals surface area contributed by atoms with Gasteiger partial charge in [-0.3, -0.25) is 4.79 Å². The lowest BCUT2D eigenvalue weighted by Crippen LogP contribution is -2.07. The van der Waals surface area contributed by atoms with Crippen molar-refractivity contribution in [3.63, 3.8) is 0 Å². The van der Waals surface area contributed by atoms with Gasteiger partial charge in [-0.2, -0.15) is 0 Å². The molecule has 2 aromatic heterocycles. The third-order valence-electron chi connectivity index (χ3n) is 1.72. The zero-order valence-corrected chi connectivity index (χ0v) is 6.94. The van der Waals surface area contributed by atoms with E-state index >= 15 is 0 Å². The second-order valence-corrected chi connectivity index (χ2v) is 2.45. The van der Waals surface area contributed by atoms with E-state index in [9.17, 15) is 4.79 Å². The molecule has 2 aromatic rings. The molecule has 0 aliphatic heterocycles. The number of fused-ring (bicyclic) bond motifs is 1. The number of ether oxygens (including phenoxy) is 1. The fourth-order valence-corrected chi connectivity index (χ4v) is 1.13. The maximum absolute atomic E-state index is 11.3. The molecule has 0 saturated heterocycles. The average Bonchev–Trinajstić information content (AvgIpc) is 2.18. The first kappa shape index (κ1) is 7.72. The summed E-state index contributed by atoms with van der Waals surface area (Å²) in [4.78, 5) is 21.6. The minimum absolute atomic E-state index is 0.189. The third-order valence-corrected chi connectivity index (χ3v) is 1.72. The summed E-state index contributed by atoms with van der Waals surface area (Å²) in [5, 5.41) is 0.481. The van der Waals surface area contributed by atoms with E-state index in [4.69, 9.17) is 4.74 Å². The van der Waals surface area contributed by atoms with Gasteiger partial charge < -0.3 is 9.72 Å². The predicted molar refractivity (Wildman–Crippen MR) is 46.7 cm³/mol. The van der Waals surface area contributed by atoms with Crippen LogP contribution in [0.3, 0.4) is 0 Å². The topological polar surface area (TPSA) is 67.9 Å². The first-order valence-corrected chi connectivity index (χ1v) is 3.69. The number of pyridine rings is 1. The van der Waals surface area contributed by atoms with Gasteiger partial charge in [0.1, 0.15) is 5.52 Å². The van der Waals surface area contributed by atoms with Crippen molar-refractivity contribution in [1.29, 1.82) is 0 Å². The van der Waals surface area contributed by atoms with Crippen LogP contribution in [0.2, 0.25) is 0 Å². The Morgan fingerprint density at radius 2 is 2.31 bits per heavy atom. The van der Waals surface area contributed by atoms with Crippen LogP contribution in [-0.4, -0.2) is 22.1 Å². The summed E-state index contributed by atoms with van der Waals surface area (Å²) in [7, 11) is 1.49. The van der Waals surface area contributed by atoms with Crippen molar-refractivity contribution in [2.24, 2.45) is 0 Å². The van der Waals surface area contributed by atoms with Gasteiger partial charge in [0.25, 0.3) is 5.56 Å². The highest BCUT2D eigenvalue weighted by molar-refractivity contribution is 5.81. The fourth-order valence-electron chi connectivity index (χ4n) is 1.13. The number of aromatic nitrogens is 3. The molecule has 5 nitrogen and oxygen atoms in total. The zero-order valence-electron chi connectivity index (χ0n) is 6.94. The minimum Gasteiger partial charge on any atom is -0.479 e. The van der Waals surface area contributed by atoms with E-state index in [2.05, 4.69) is 15.0 Å². The molecule has 66 valence electrons. The van der Waals surface area contributed by atoms with Gasteiger partial charge in [0.05, 0.1) is 18.8 Å². The summed E-state index contributed by atoms with van der Waals surface area (Å²) in [6, 6.07) is 1.60. The Morgan fingerprint density at radius 3 is 3.08 bits per heavy atom. The molecule has 1 N–H and O–H groups in total. The largest absolute Gasteiger partial charge is 0.479 e. The van der Waals surface area contributed by atoms with Crippen molar-refractivity contribution in [2.45, 2.75) is 0 Å². The van der Waals surface area contributed by atoms with E-state index in [1.165, 1.54) is 19.6 Å². The van der Waals surface area contributed by atoms with E-state index in [0.717, 1.165) is 0 Å². The molecule has 0 bridgehead atoms. The molecule has 0 aromatic carbocycles. The Bertz CT molecular complexity index is 492. The van der Waals surface area contributed by atoms with E-state index in [1.54, 1.807) is 6.07 Å².